The molecule has 2 amide bonds. The molecule has 0 aliphatic carbocycles. The number of rotatable bonds is 4. The van der Waals surface area contributed by atoms with E-state index in [1.165, 1.54) is 16.5 Å². The standard InChI is InChI=1S/C24H27N3O2S/c28-23(15-18-5-4-14-30-18)27-11-3-8-22(27)24(29)26-12-9-17(10-13-26)20-16-25-21-7-2-1-6-19(20)21/h1-2,4-7,14,16-17,22,25H,3,8-13,15H2. The van der Waals surface area contributed by atoms with Gasteiger partial charge < -0.3 is 14.8 Å². The van der Waals surface area contributed by atoms with Crippen LogP contribution in [0.5, 0.6) is 0 Å². The van der Waals surface area contributed by atoms with Gasteiger partial charge in [0.1, 0.15) is 6.04 Å². The summed E-state index contributed by atoms with van der Waals surface area (Å²) < 4.78 is 0. The van der Waals surface area contributed by atoms with Gasteiger partial charge in [-0.2, -0.15) is 0 Å². The number of aromatic amines is 1. The van der Waals surface area contributed by atoms with Crippen molar-refractivity contribution in [3.05, 3.63) is 58.4 Å². The van der Waals surface area contributed by atoms with Gasteiger partial charge in [-0.05, 0) is 54.7 Å². The van der Waals surface area contributed by atoms with Crippen molar-refractivity contribution in [3.63, 3.8) is 0 Å². The fraction of sp³-hybridized carbons (Fsp3) is 0.417. The Kier molecular flexibility index (Phi) is 5.34. The predicted molar refractivity (Wildman–Crippen MR) is 120 cm³/mol. The van der Waals surface area contributed by atoms with Crippen molar-refractivity contribution < 1.29 is 9.59 Å². The van der Waals surface area contributed by atoms with Gasteiger partial charge in [-0.1, -0.05) is 24.3 Å². The molecular weight excluding hydrogens is 394 g/mol. The fourth-order valence-electron chi connectivity index (χ4n) is 5.04. The van der Waals surface area contributed by atoms with E-state index in [4.69, 9.17) is 0 Å². The van der Waals surface area contributed by atoms with Crippen molar-refractivity contribution >= 4 is 34.1 Å². The number of fused-ring (bicyclic) bond motifs is 1. The number of hydrogen-bond donors (Lipinski definition) is 1. The maximum Gasteiger partial charge on any atom is 0.245 e. The summed E-state index contributed by atoms with van der Waals surface area (Å²) in [5.41, 5.74) is 2.54. The quantitative estimate of drug-likeness (QED) is 0.687. The Morgan fingerprint density at radius 2 is 1.87 bits per heavy atom. The molecule has 4 heterocycles. The van der Waals surface area contributed by atoms with Crippen LogP contribution in [0.4, 0.5) is 0 Å². The predicted octanol–water partition coefficient (Wildman–Crippen LogP) is 4.17. The van der Waals surface area contributed by atoms with Gasteiger partial charge >= 0.3 is 0 Å². The zero-order chi connectivity index (χ0) is 20.5. The molecule has 1 atom stereocenters. The first kappa shape index (κ1) is 19.4. The van der Waals surface area contributed by atoms with E-state index >= 15 is 0 Å². The summed E-state index contributed by atoms with van der Waals surface area (Å²) in [6.07, 6.45) is 6.20. The minimum Gasteiger partial charge on any atom is -0.361 e. The van der Waals surface area contributed by atoms with Gasteiger partial charge in [0.15, 0.2) is 0 Å². The number of carbonyl (C=O) groups is 2. The molecule has 0 radical (unpaired) electrons. The average Bonchev–Trinajstić information content (AvgIpc) is 3.53. The van der Waals surface area contributed by atoms with Crippen molar-refractivity contribution in [2.75, 3.05) is 19.6 Å². The first-order chi connectivity index (χ1) is 14.7. The lowest BCUT2D eigenvalue weighted by Crippen LogP contribution is -2.50. The summed E-state index contributed by atoms with van der Waals surface area (Å²) in [4.78, 5) is 34.3. The van der Waals surface area contributed by atoms with Crippen LogP contribution in [0, 0.1) is 0 Å². The van der Waals surface area contributed by atoms with Crippen molar-refractivity contribution in [2.45, 2.75) is 44.1 Å². The molecule has 1 N–H and O–H groups in total. The molecule has 2 fully saturated rings. The number of carbonyl (C=O) groups excluding carboxylic acids is 2. The molecule has 2 aliphatic rings. The van der Waals surface area contributed by atoms with E-state index in [0.29, 0.717) is 18.9 Å². The van der Waals surface area contributed by atoms with E-state index in [-0.39, 0.29) is 17.9 Å². The fourth-order valence-corrected chi connectivity index (χ4v) is 5.73. The molecule has 5 nitrogen and oxygen atoms in total. The Morgan fingerprint density at radius 1 is 1.03 bits per heavy atom. The second-order valence-electron chi connectivity index (χ2n) is 8.39. The monoisotopic (exact) mass is 421 g/mol. The van der Waals surface area contributed by atoms with E-state index in [0.717, 1.165) is 43.6 Å². The van der Waals surface area contributed by atoms with Crippen LogP contribution in [0.15, 0.2) is 48.0 Å². The molecule has 0 bridgehead atoms. The van der Waals surface area contributed by atoms with E-state index < -0.39 is 0 Å². The van der Waals surface area contributed by atoms with Crippen LogP contribution in [-0.4, -0.2) is 52.3 Å². The number of likely N-dealkylation sites (tertiary alicyclic amines) is 2. The van der Waals surface area contributed by atoms with E-state index in [1.807, 2.05) is 27.3 Å². The second-order valence-corrected chi connectivity index (χ2v) is 9.42. The number of thiophene rings is 1. The lowest BCUT2D eigenvalue weighted by molar-refractivity contribution is -0.144. The summed E-state index contributed by atoms with van der Waals surface area (Å²) >= 11 is 1.60. The van der Waals surface area contributed by atoms with E-state index in [2.05, 4.69) is 35.4 Å². The molecule has 0 spiro atoms. The maximum absolute atomic E-state index is 13.3. The lowest BCUT2D eigenvalue weighted by atomic mass is 9.89. The maximum atomic E-state index is 13.3. The molecule has 30 heavy (non-hydrogen) atoms. The minimum absolute atomic E-state index is 0.0852. The average molecular weight is 422 g/mol. The van der Waals surface area contributed by atoms with Crippen molar-refractivity contribution in [3.8, 4) is 0 Å². The summed E-state index contributed by atoms with van der Waals surface area (Å²) in [6.45, 7) is 2.24. The smallest absolute Gasteiger partial charge is 0.245 e. The highest BCUT2D eigenvalue weighted by Crippen LogP contribution is 2.34. The van der Waals surface area contributed by atoms with Crippen LogP contribution < -0.4 is 0 Å². The van der Waals surface area contributed by atoms with Crippen LogP contribution >= 0.6 is 11.3 Å². The normalized spacial score (nSPS) is 20.2. The number of nitrogens with one attached hydrogen (secondary N) is 1. The summed E-state index contributed by atoms with van der Waals surface area (Å²) in [6, 6.07) is 12.1. The Labute approximate surface area is 180 Å². The second kappa shape index (κ2) is 8.26. The number of para-hydroxylation sites is 1. The van der Waals surface area contributed by atoms with Crippen LogP contribution in [0.1, 0.15) is 42.0 Å². The number of piperidine rings is 1. The van der Waals surface area contributed by atoms with Crippen LogP contribution in [0.25, 0.3) is 10.9 Å². The number of aromatic nitrogens is 1. The number of hydrogen-bond acceptors (Lipinski definition) is 3. The van der Waals surface area contributed by atoms with Gasteiger partial charge in [-0.3, -0.25) is 9.59 Å². The minimum atomic E-state index is -0.276. The molecule has 2 aromatic heterocycles. The molecule has 0 saturated carbocycles. The van der Waals surface area contributed by atoms with E-state index in [1.54, 1.807) is 11.3 Å². The summed E-state index contributed by atoms with van der Waals surface area (Å²) in [7, 11) is 0. The number of amides is 2. The third-order valence-corrected chi connectivity index (χ3v) is 7.51. The third-order valence-electron chi connectivity index (χ3n) is 6.63. The SMILES string of the molecule is O=C(C1CCCN1C(=O)Cc1cccs1)N1CCC(c2c[nH]c3ccccc23)CC1. The molecule has 5 rings (SSSR count). The van der Waals surface area contributed by atoms with Gasteiger partial charge in [-0.15, -0.1) is 11.3 Å². The summed E-state index contributed by atoms with van der Waals surface area (Å²) in [5.74, 6) is 0.705. The Bertz CT molecular complexity index is 1030. The molecule has 3 aromatic rings. The Morgan fingerprint density at radius 3 is 2.67 bits per heavy atom. The van der Waals surface area contributed by atoms with Gasteiger partial charge in [0.05, 0.1) is 6.42 Å². The highest BCUT2D eigenvalue weighted by Gasteiger charge is 2.37. The van der Waals surface area contributed by atoms with Gasteiger partial charge in [0.2, 0.25) is 11.8 Å². The molecule has 2 saturated heterocycles. The zero-order valence-electron chi connectivity index (χ0n) is 17.0. The van der Waals surface area contributed by atoms with Crippen LogP contribution in [0.2, 0.25) is 0 Å². The van der Waals surface area contributed by atoms with Gasteiger partial charge in [0, 0.05) is 41.6 Å². The number of nitrogens with zero attached hydrogens (tertiary/aromatic N) is 2. The molecular formula is C24H27N3O2S. The molecule has 2 aliphatic heterocycles. The highest BCUT2D eigenvalue weighted by atomic mass is 32.1. The number of H-pyrrole nitrogens is 1. The van der Waals surface area contributed by atoms with E-state index in [9.17, 15) is 9.59 Å². The van der Waals surface area contributed by atoms with Gasteiger partial charge in [-0.25, -0.2) is 0 Å². The third kappa shape index (κ3) is 3.65. The van der Waals surface area contributed by atoms with Crippen molar-refractivity contribution in [1.82, 2.24) is 14.8 Å². The van der Waals surface area contributed by atoms with Gasteiger partial charge in [0.25, 0.3) is 0 Å². The topological polar surface area (TPSA) is 56.4 Å². The molecule has 1 unspecified atom stereocenters. The zero-order valence-corrected chi connectivity index (χ0v) is 17.9. The first-order valence-corrected chi connectivity index (χ1v) is 11.8. The number of benzene rings is 1. The molecule has 1 aromatic carbocycles. The molecule has 156 valence electrons. The highest BCUT2D eigenvalue weighted by molar-refractivity contribution is 7.10. The largest absolute Gasteiger partial charge is 0.361 e. The van der Waals surface area contributed by atoms with Crippen LogP contribution in [0.3, 0.4) is 0 Å². The van der Waals surface area contributed by atoms with Crippen molar-refractivity contribution in [2.24, 2.45) is 0 Å². The van der Waals surface area contributed by atoms with Crippen LogP contribution in [-0.2, 0) is 16.0 Å². The Balaban J connectivity index is 1.22. The van der Waals surface area contributed by atoms with Crippen molar-refractivity contribution in [1.29, 1.82) is 0 Å². The summed E-state index contributed by atoms with van der Waals surface area (Å²) in [5, 5.41) is 3.29. The lowest BCUT2D eigenvalue weighted by Gasteiger charge is -2.35. The first-order valence-electron chi connectivity index (χ1n) is 10.9. The molecule has 6 heteroatoms. The Hall–Kier alpha value is -2.60.